The molecule has 0 aromatic heterocycles. The van der Waals surface area contributed by atoms with Crippen molar-refractivity contribution in [1.29, 1.82) is 0 Å². The first-order valence-electron chi connectivity index (χ1n) is 3.42. The van der Waals surface area contributed by atoms with Gasteiger partial charge in [0.25, 0.3) is 0 Å². The monoisotopic (exact) mass is 179 g/mol. The molecule has 0 unspecified atom stereocenters. The summed E-state index contributed by atoms with van der Waals surface area (Å²) in [4.78, 5) is 9.93. The summed E-state index contributed by atoms with van der Waals surface area (Å²) in [5, 5.41) is 35.5. The van der Waals surface area contributed by atoms with Crippen LogP contribution in [0.3, 0.4) is 0 Å². The van der Waals surface area contributed by atoms with Gasteiger partial charge in [0.15, 0.2) is 6.29 Å². The fourth-order valence-electron chi connectivity index (χ4n) is 0.650. The quantitative estimate of drug-likeness (QED) is 0.280. The highest BCUT2D eigenvalue weighted by molar-refractivity contribution is 5.56. The molecule has 0 aliphatic heterocycles. The summed E-state index contributed by atoms with van der Waals surface area (Å²) in [5.74, 6) is 0. The first-order chi connectivity index (χ1) is 5.54. The van der Waals surface area contributed by atoms with Crippen LogP contribution in [0.5, 0.6) is 0 Å². The van der Waals surface area contributed by atoms with E-state index >= 15 is 0 Å². The van der Waals surface area contributed by atoms with E-state index in [4.69, 9.17) is 26.2 Å². The Hall–Kier alpha value is -0.530. The Bertz CT molecular complexity index is 142. The Morgan fingerprint density at radius 2 is 1.67 bits per heavy atom. The summed E-state index contributed by atoms with van der Waals surface area (Å²) in [5.41, 5.74) is 4.96. The van der Waals surface area contributed by atoms with E-state index in [9.17, 15) is 4.79 Å². The van der Waals surface area contributed by atoms with E-state index in [1.165, 1.54) is 0 Å². The average molecular weight is 179 g/mol. The molecule has 0 rings (SSSR count). The zero-order valence-corrected chi connectivity index (χ0v) is 6.37. The molecule has 0 amide bonds. The third-order valence-corrected chi connectivity index (χ3v) is 1.47. The third kappa shape index (κ3) is 2.84. The van der Waals surface area contributed by atoms with Gasteiger partial charge in [0.2, 0.25) is 0 Å². The van der Waals surface area contributed by atoms with Crippen LogP contribution >= 0.6 is 0 Å². The van der Waals surface area contributed by atoms with E-state index in [0.717, 1.165) is 0 Å². The Balaban J connectivity index is 4.07. The second-order valence-corrected chi connectivity index (χ2v) is 2.41. The topological polar surface area (TPSA) is 124 Å². The molecule has 12 heavy (non-hydrogen) atoms. The molecule has 0 saturated carbocycles. The summed E-state index contributed by atoms with van der Waals surface area (Å²) < 4.78 is 0. The van der Waals surface area contributed by atoms with E-state index in [-0.39, 0.29) is 12.8 Å². The van der Waals surface area contributed by atoms with Crippen LogP contribution in [0, 0.1) is 0 Å². The predicted molar refractivity (Wildman–Crippen MR) is 39.1 cm³/mol. The van der Waals surface area contributed by atoms with Crippen molar-refractivity contribution in [3.05, 3.63) is 0 Å². The van der Waals surface area contributed by atoms with Gasteiger partial charge in [-0.05, 0) is 0 Å². The minimum atomic E-state index is -1.71. The summed E-state index contributed by atoms with van der Waals surface area (Å²) in [6.45, 7) is -0.260. The lowest BCUT2D eigenvalue weighted by molar-refractivity contribution is -0.132. The number of hydrogen-bond acceptors (Lipinski definition) is 6. The van der Waals surface area contributed by atoms with E-state index in [0.29, 0.717) is 0 Å². The maximum atomic E-state index is 9.93. The molecular formula is C6H13NO5. The van der Waals surface area contributed by atoms with Gasteiger partial charge in [-0.2, -0.15) is 0 Å². The van der Waals surface area contributed by atoms with Gasteiger partial charge in [-0.1, -0.05) is 0 Å². The van der Waals surface area contributed by atoms with Crippen molar-refractivity contribution < 1.29 is 25.2 Å². The fourth-order valence-corrected chi connectivity index (χ4v) is 0.650. The lowest BCUT2D eigenvalue weighted by Gasteiger charge is -2.22. The van der Waals surface area contributed by atoms with Crippen LogP contribution in [0.2, 0.25) is 0 Å². The van der Waals surface area contributed by atoms with Crippen LogP contribution in [0.25, 0.3) is 0 Å². The van der Waals surface area contributed by atoms with Crippen molar-refractivity contribution in [2.75, 3.05) is 6.54 Å². The van der Waals surface area contributed by atoms with Crippen molar-refractivity contribution in [3.8, 4) is 0 Å². The van der Waals surface area contributed by atoms with Gasteiger partial charge in [0, 0.05) is 6.54 Å². The maximum absolute atomic E-state index is 9.93. The van der Waals surface area contributed by atoms with Crippen LogP contribution in [0.15, 0.2) is 0 Å². The second-order valence-electron chi connectivity index (χ2n) is 2.41. The smallest absolute Gasteiger partial charge is 0.151 e. The zero-order chi connectivity index (χ0) is 9.72. The van der Waals surface area contributed by atoms with Crippen LogP contribution in [-0.2, 0) is 4.79 Å². The number of rotatable bonds is 5. The van der Waals surface area contributed by atoms with Gasteiger partial charge in [0.05, 0.1) is 6.10 Å². The van der Waals surface area contributed by atoms with Crippen molar-refractivity contribution in [1.82, 2.24) is 0 Å². The number of hydrogen-bond donors (Lipinski definition) is 5. The highest BCUT2D eigenvalue weighted by Gasteiger charge is 2.29. The van der Waals surface area contributed by atoms with Crippen LogP contribution in [0.4, 0.5) is 0 Å². The summed E-state index contributed by atoms with van der Waals surface area (Å²) >= 11 is 0. The molecule has 6 N–H and O–H groups in total. The molecule has 0 aliphatic rings. The van der Waals surface area contributed by atoms with Gasteiger partial charge in [-0.25, -0.2) is 0 Å². The highest BCUT2D eigenvalue weighted by Crippen LogP contribution is 2.02. The van der Waals surface area contributed by atoms with Gasteiger partial charge in [-0.3, -0.25) is 0 Å². The molecule has 0 spiro atoms. The predicted octanol–water partition coefficient (Wildman–Crippen LogP) is -3.41. The second kappa shape index (κ2) is 5.18. The first-order valence-corrected chi connectivity index (χ1v) is 3.42. The number of aliphatic hydroxyl groups excluding tert-OH is 4. The molecule has 0 fully saturated rings. The number of nitrogens with two attached hydrogens (primary N) is 1. The molecule has 72 valence electrons. The minimum Gasteiger partial charge on any atom is -0.389 e. The van der Waals surface area contributed by atoms with Crippen molar-refractivity contribution in [3.63, 3.8) is 0 Å². The number of aldehydes is 1. The van der Waals surface area contributed by atoms with Gasteiger partial charge in [-0.15, -0.1) is 0 Å². The van der Waals surface area contributed by atoms with Gasteiger partial charge < -0.3 is 31.0 Å². The molecule has 0 aliphatic carbocycles. The van der Waals surface area contributed by atoms with Crippen LogP contribution < -0.4 is 5.73 Å². The Labute approximate surface area is 69.2 Å². The molecule has 4 atom stereocenters. The average Bonchev–Trinajstić information content (AvgIpc) is 2.12. The molecule has 0 aromatic rings. The van der Waals surface area contributed by atoms with Crippen molar-refractivity contribution in [2.24, 2.45) is 5.73 Å². The molecule has 6 nitrogen and oxygen atoms in total. The lowest BCUT2D eigenvalue weighted by atomic mass is 10.0. The van der Waals surface area contributed by atoms with Crippen LogP contribution in [0.1, 0.15) is 0 Å². The van der Waals surface area contributed by atoms with Gasteiger partial charge in [0.1, 0.15) is 18.3 Å². The normalized spacial score (nSPS) is 21.1. The highest BCUT2D eigenvalue weighted by atomic mass is 16.4. The van der Waals surface area contributed by atoms with Crippen LogP contribution in [-0.4, -0.2) is 57.7 Å². The molecule has 0 heterocycles. The van der Waals surface area contributed by atoms with E-state index in [1.54, 1.807) is 0 Å². The largest absolute Gasteiger partial charge is 0.389 e. The number of carbonyl (C=O) groups excluding carboxylic acids is 1. The zero-order valence-electron chi connectivity index (χ0n) is 6.37. The molecule has 0 aromatic carbocycles. The Morgan fingerprint density at radius 1 is 1.17 bits per heavy atom. The lowest BCUT2D eigenvalue weighted by Crippen LogP contribution is -2.47. The summed E-state index contributed by atoms with van der Waals surface area (Å²) in [7, 11) is 0. The Morgan fingerprint density at radius 3 is 2.00 bits per heavy atom. The minimum absolute atomic E-state index is 0.0666. The van der Waals surface area contributed by atoms with E-state index in [1.807, 2.05) is 0 Å². The molecule has 0 bridgehead atoms. The molecule has 0 radical (unpaired) electrons. The standard InChI is InChI=1S/C6H13NO5/c7-1-3(9)5(11)6(12)4(10)2-8/h2-6,9-12H,1,7H2/t3-,4-,5+,6+/m1/s1. The Kier molecular flexibility index (Phi) is 4.95. The first kappa shape index (κ1) is 11.5. The number of aliphatic hydroxyl groups is 4. The summed E-state index contributed by atoms with van der Waals surface area (Å²) in [6.07, 6.45) is -6.32. The van der Waals surface area contributed by atoms with Crippen molar-refractivity contribution >= 4 is 6.29 Å². The van der Waals surface area contributed by atoms with E-state index < -0.39 is 24.4 Å². The maximum Gasteiger partial charge on any atom is 0.151 e. The SMILES string of the molecule is NC[C@@H](O)[C@H](O)[C@@H](O)[C@H](O)C=O. The fraction of sp³-hybridized carbons (Fsp3) is 0.833. The number of carbonyl (C=O) groups is 1. The van der Waals surface area contributed by atoms with Gasteiger partial charge >= 0.3 is 0 Å². The molecular weight excluding hydrogens is 166 g/mol. The van der Waals surface area contributed by atoms with E-state index in [2.05, 4.69) is 0 Å². The van der Waals surface area contributed by atoms with Crippen molar-refractivity contribution in [2.45, 2.75) is 24.4 Å². The summed E-state index contributed by atoms with van der Waals surface area (Å²) in [6, 6.07) is 0. The third-order valence-electron chi connectivity index (χ3n) is 1.47. The molecule has 6 heteroatoms. The molecule has 0 saturated heterocycles.